The number of amides is 3. The molecule has 0 radical (unpaired) electrons. The first-order valence-corrected chi connectivity index (χ1v) is 16.3. The van der Waals surface area contributed by atoms with Gasteiger partial charge in [-0.3, -0.25) is 14.9 Å². The van der Waals surface area contributed by atoms with Gasteiger partial charge in [-0.15, -0.1) is 0 Å². The normalized spacial score (nSPS) is 14.8. The van der Waals surface area contributed by atoms with Crippen LogP contribution in [0.3, 0.4) is 0 Å². The fourth-order valence-corrected chi connectivity index (χ4v) is 4.36. The molecule has 0 aliphatic heterocycles. The molecule has 1 rings (SSSR count). The number of carbonyl (C=O) groups excluding carboxylic acids is 4. The third kappa shape index (κ3) is 15.8. The molecule has 3 amide bonds. The van der Waals surface area contributed by atoms with Crippen LogP contribution < -0.4 is 20.7 Å². The van der Waals surface area contributed by atoms with Crippen LogP contribution in [0.2, 0.25) is 0 Å². The minimum Gasteiger partial charge on any atom is -0.489 e. The number of rotatable bonds is 19. The number of esters is 1. The molecule has 262 valence electrons. The van der Waals surface area contributed by atoms with Crippen molar-refractivity contribution >= 4 is 23.9 Å². The Morgan fingerprint density at radius 2 is 1.65 bits per heavy atom. The van der Waals surface area contributed by atoms with Crippen molar-refractivity contribution in [3.63, 3.8) is 0 Å². The van der Waals surface area contributed by atoms with Crippen molar-refractivity contribution < 1.29 is 38.5 Å². The lowest BCUT2D eigenvalue weighted by atomic mass is 10.0. The van der Waals surface area contributed by atoms with E-state index in [0.29, 0.717) is 25.0 Å². The second-order valence-electron chi connectivity index (χ2n) is 13.3. The number of nitrogens with zero attached hydrogens (tertiary/aromatic N) is 1. The number of ether oxygens (including phenoxy) is 3. The third-order valence-corrected chi connectivity index (χ3v) is 7.10. The molecule has 46 heavy (non-hydrogen) atoms. The van der Waals surface area contributed by atoms with Crippen LogP contribution in [0.15, 0.2) is 24.3 Å². The van der Waals surface area contributed by atoms with Crippen LogP contribution >= 0.6 is 0 Å². The second-order valence-corrected chi connectivity index (χ2v) is 13.3. The number of nitrogens with one attached hydrogen (secondary N) is 3. The first-order valence-electron chi connectivity index (χ1n) is 16.3. The highest BCUT2D eigenvalue weighted by molar-refractivity contribution is 5.91. The zero-order valence-corrected chi connectivity index (χ0v) is 29.5. The monoisotopic (exact) mass is 650 g/mol. The first-order chi connectivity index (χ1) is 21.4. The SMILES string of the molecule is CCCCOC(=O)[C@@H](CC(C)C)NC(=O)[C@@H](C)N(C)C(=O)[C@H](O)NC[C@@H](C)Oc1ccccc1CC[C@H](C)NC(=O)OC(C)(C)C. The first kappa shape index (κ1) is 40.6. The summed E-state index contributed by atoms with van der Waals surface area (Å²) in [5.74, 6) is -0.932. The Bertz CT molecular complexity index is 1110. The summed E-state index contributed by atoms with van der Waals surface area (Å²) in [5.41, 5.74) is 0.379. The van der Waals surface area contributed by atoms with E-state index in [4.69, 9.17) is 14.2 Å². The number of aryl methyl sites for hydroxylation is 1. The van der Waals surface area contributed by atoms with Gasteiger partial charge in [0.25, 0.3) is 5.91 Å². The molecule has 0 saturated heterocycles. The summed E-state index contributed by atoms with van der Waals surface area (Å²) in [5, 5.41) is 18.9. The molecular weight excluding hydrogens is 592 g/mol. The molecule has 4 N–H and O–H groups in total. The lowest BCUT2D eigenvalue weighted by Gasteiger charge is -2.29. The summed E-state index contributed by atoms with van der Waals surface area (Å²) in [6, 6.07) is 5.67. The van der Waals surface area contributed by atoms with Crippen molar-refractivity contribution in [2.24, 2.45) is 5.92 Å². The Morgan fingerprint density at radius 1 is 1.00 bits per heavy atom. The summed E-state index contributed by atoms with van der Waals surface area (Å²) < 4.78 is 16.8. The Morgan fingerprint density at radius 3 is 2.26 bits per heavy atom. The standard InChI is InChI=1S/C34H58N4O8/c1-11-12-19-44-32(42)27(20-22(2)3)37-29(39)25(6)38(10)31(41)30(40)35-21-24(5)45-28-16-14-13-15-26(28)18-17-23(4)36-33(43)46-34(7,8)9/h13-16,22-25,27,30,35,40H,11-12,17-21H2,1-10H3,(H,36,43)(H,37,39)/t23-,24+,25+,27+,30-/m0/s1. The van der Waals surface area contributed by atoms with Crippen LogP contribution in [-0.4, -0.2) is 90.1 Å². The molecule has 0 saturated carbocycles. The number of likely N-dealkylation sites (N-methyl/N-ethyl adjacent to an activating group) is 1. The van der Waals surface area contributed by atoms with Crippen molar-refractivity contribution in [3.8, 4) is 5.75 Å². The third-order valence-electron chi connectivity index (χ3n) is 7.10. The van der Waals surface area contributed by atoms with Gasteiger partial charge in [0.2, 0.25) is 5.91 Å². The number of unbranched alkanes of at least 4 members (excludes halogenated alkanes) is 1. The van der Waals surface area contributed by atoms with Gasteiger partial charge in [-0.2, -0.15) is 0 Å². The molecular formula is C34H58N4O8. The van der Waals surface area contributed by atoms with E-state index in [9.17, 15) is 24.3 Å². The fraction of sp³-hybridized carbons (Fsp3) is 0.706. The number of aliphatic hydroxyl groups excluding tert-OH is 1. The highest BCUT2D eigenvalue weighted by Crippen LogP contribution is 2.21. The van der Waals surface area contributed by atoms with Crippen molar-refractivity contribution in [3.05, 3.63) is 29.8 Å². The van der Waals surface area contributed by atoms with Crippen LogP contribution in [0.1, 0.15) is 93.6 Å². The maximum atomic E-state index is 13.0. The Labute approximate surface area is 275 Å². The quantitative estimate of drug-likeness (QED) is 0.0990. The molecule has 12 nitrogen and oxygen atoms in total. The van der Waals surface area contributed by atoms with Crippen LogP contribution in [0.25, 0.3) is 0 Å². The molecule has 0 heterocycles. The van der Waals surface area contributed by atoms with Crippen molar-refractivity contribution in [1.29, 1.82) is 0 Å². The van der Waals surface area contributed by atoms with Gasteiger partial charge in [0.05, 0.1) is 6.61 Å². The molecule has 1 aromatic carbocycles. The van der Waals surface area contributed by atoms with Gasteiger partial charge in [-0.25, -0.2) is 9.59 Å². The minimum atomic E-state index is -1.58. The molecule has 0 bridgehead atoms. The van der Waals surface area contributed by atoms with Crippen LogP contribution in [0, 0.1) is 5.92 Å². The number of alkyl carbamates (subject to hydrolysis) is 1. The Kier molecular flexibility index (Phi) is 17.7. The topological polar surface area (TPSA) is 156 Å². The van der Waals surface area contributed by atoms with E-state index < -0.39 is 53.9 Å². The van der Waals surface area contributed by atoms with Gasteiger partial charge < -0.3 is 34.9 Å². The summed E-state index contributed by atoms with van der Waals surface area (Å²) in [6.45, 7) is 17.0. The lowest BCUT2D eigenvalue weighted by Crippen LogP contribution is -2.55. The highest BCUT2D eigenvalue weighted by atomic mass is 16.6. The zero-order chi connectivity index (χ0) is 35.0. The smallest absolute Gasteiger partial charge is 0.407 e. The van der Waals surface area contributed by atoms with E-state index in [1.165, 1.54) is 14.0 Å². The minimum absolute atomic E-state index is 0.120. The molecule has 5 atom stereocenters. The molecule has 0 unspecified atom stereocenters. The maximum absolute atomic E-state index is 13.0. The second kappa shape index (κ2) is 20.0. The largest absolute Gasteiger partial charge is 0.489 e. The number of aliphatic hydroxyl groups is 1. The van der Waals surface area contributed by atoms with E-state index in [2.05, 4.69) is 16.0 Å². The lowest BCUT2D eigenvalue weighted by molar-refractivity contribution is -0.150. The van der Waals surface area contributed by atoms with E-state index >= 15 is 0 Å². The van der Waals surface area contributed by atoms with Crippen LogP contribution in [0.5, 0.6) is 5.75 Å². The zero-order valence-electron chi connectivity index (χ0n) is 29.5. The fourth-order valence-electron chi connectivity index (χ4n) is 4.36. The number of hydrogen-bond acceptors (Lipinski definition) is 9. The van der Waals surface area contributed by atoms with E-state index in [1.807, 2.05) is 79.7 Å². The van der Waals surface area contributed by atoms with Gasteiger partial charge in [0.15, 0.2) is 6.23 Å². The molecule has 0 aliphatic carbocycles. The average molecular weight is 651 g/mol. The molecule has 12 heteroatoms. The van der Waals surface area contributed by atoms with Crippen LogP contribution in [0.4, 0.5) is 4.79 Å². The van der Waals surface area contributed by atoms with Gasteiger partial charge in [0.1, 0.15) is 29.5 Å². The molecule has 0 aliphatic rings. The summed E-state index contributed by atoms with van der Waals surface area (Å²) in [7, 11) is 1.42. The highest BCUT2D eigenvalue weighted by Gasteiger charge is 2.31. The van der Waals surface area contributed by atoms with Gasteiger partial charge in [0, 0.05) is 19.6 Å². The van der Waals surface area contributed by atoms with Gasteiger partial charge >= 0.3 is 12.1 Å². The van der Waals surface area contributed by atoms with Crippen molar-refractivity contribution in [1.82, 2.24) is 20.9 Å². The Hall–Kier alpha value is -3.38. The number of carbonyl (C=O) groups is 4. The number of benzene rings is 1. The van der Waals surface area contributed by atoms with Crippen molar-refractivity contribution in [2.75, 3.05) is 20.2 Å². The molecule has 0 fully saturated rings. The summed E-state index contributed by atoms with van der Waals surface area (Å²) in [6.07, 6.45) is 0.864. The van der Waals surface area contributed by atoms with Crippen molar-refractivity contribution in [2.45, 2.75) is 130 Å². The molecule has 0 spiro atoms. The average Bonchev–Trinajstić information content (AvgIpc) is 2.96. The maximum Gasteiger partial charge on any atom is 0.407 e. The number of hydrogen-bond donors (Lipinski definition) is 4. The Balaban J connectivity index is 2.67. The number of para-hydroxylation sites is 1. The van der Waals surface area contributed by atoms with E-state index in [-0.39, 0.29) is 25.1 Å². The van der Waals surface area contributed by atoms with Gasteiger partial charge in [-0.1, -0.05) is 45.4 Å². The summed E-state index contributed by atoms with van der Waals surface area (Å²) >= 11 is 0. The van der Waals surface area contributed by atoms with Crippen LogP contribution in [-0.2, 0) is 30.3 Å². The molecule has 0 aromatic heterocycles. The van der Waals surface area contributed by atoms with E-state index in [1.54, 1.807) is 0 Å². The predicted molar refractivity (Wildman–Crippen MR) is 177 cm³/mol. The summed E-state index contributed by atoms with van der Waals surface area (Å²) in [4.78, 5) is 51.7. The van der Waals surface area contributed by atoms with Gasteiger partial charge in [-0.05, 0) is 84.8 Å². The predicted octanol–water partition coefficient (Wildman–Crippen LogP) is 3.93. The van der Waals surface area contributed by atoms with E-state index in [0.717, 1.165) is 23.3 Å². The molecule has 1 aromatic rings.